The van der Waals surface area contributed by atoms with Crippen molar-refractivity contribution in [2.45, 2.75) is 18.0 Å². The van der Waals surface area contributed by atoms with E-state index in [0.717, 1.165) is 10.7 Å². The van der Waals surface area contributed by atoms with Gasteiger partial charge in [0.15, 0.2) is 0 Å². The van der Waals surface area contributed by atoms with Crippen LogP contribution >= 0.6 is 11.8 Å². The third-order valence-corrected chi connectivity index (χ3v) is 7.51. The van der Waals surface area contributed by atoms with Crippen molar-refractivity contribution in [2.24, 2.45) is 11.8 Å². The molecule has 3 aliphatic heterocycles. The number of nitro groups is 1. The van der Waals surface area contributed by atoms with Gasteiger partial charge in [0, 0.05) is 23.4 Å². The van der Waals surface area contributed by atoms with Crippen LogP contribution in [0.2, 0.25) is 0 Å². The number of nitrogens with one attached hydrogen (secondary N) is 2. The molecule has 2 N–H and O–H groups in total. The molecule has 4 atom stereocenters. The summed E-state index contributed by atoms with van der Waals surface area (Å²) in [5, 5.41) is 17.4. The molecule has 0 unspecified atom stereocenters. The average Bonchev–Trinajstić information content (AvgIpc) is 3.41. The number of imide groups is 1. The minimum atomic E-state index is -1.38. The SMILES string of the molecule is COc1cc([N+](=O)[O-])ccc1N1C(=O)[C@@H]2[C@H](CCSC)N[C@]3(C(=O)Nc4ccccc43)[C@H]2C1=O. The molecule has 5 rings (SSSR count). The Hall–Kier alpha value is -3.44. The summed E-state index contributed by atoms with van der Waals surface area (Å²) in [6.45, 7) is 0. The van der Waals surface area contributed by atoms with Gasteiger partial charge in [0.2, 0.25) is 17.7 Å². The molecular weight excluding hydrogens is 460 g/mol. The van der Waals surface area contributed by atoms with Crippen LogP contribution in [0.15, 0.2) is 42.5 Å². The van der Waals surface area contributed by atoms with Crippen molar-refractivity contribution in [1.82, 2.24) is 5.32 Å². The highest BCUT2D eigenvalue weighted by Gasteiger charge is 2.70. The number of anilines is 2. The van der Waals surface area contributed by atoms with Crippen molar-refractivity contribution < 1.29 is 24.0 Å². The van der Waals surface area contributed by atoms with E-state index >= 15 is 0 Å². The maximum atomic E-state index is 13.9. The molecule has 0 aromatic heterocycles. The van der Waals surface area contributed by atoms with Crippen LogP contribution in [0.4, 0.5) is 17.1 Å². The van der Waals surface area contributed by atoms with Gasteiger partial charge in [-0.3, -0.25) is 29.8 Å². The molecule has 1 spiro atoms. The molecule has 0 saturated carbocycles. The number of carbonyl (C=O) groups excluding carboxylic acids is 3. The first kappa shape index (κ1) is 22.4. The molecule has 10 nitrogen and oxygen atoms in total. The number of carbonyl (C=O) groups is 3. The number of nitro benzene ring substituents is 1. The summed E-state index contributed by atoms with van der Waals surface area (Å²) in [5.74, 6) is -2.30. The molecule has 0 aliphatic carbocycles. The maximum Gasteiger partial charge on any atom is 0.273 e. The van der Waals surface area contributed by atoms with E-state index in [-0.39, 0.29) is 23.0 Å². The fraction of sp³-hybridized carbons (Fsp3) is 0.348. The Morgan fingerprint density at radius 3 is 2.65 bits per heavy atom. The Morgan fingerprint density at radius 2 is 1.94 bits per heavy atom. The summed E-state index contributed by atoms with van der Waals surface area (Å²) in [6, 6.07) is 10.5. The van der Waals surface area contributed by atoms with Crippen molar-refractivity contribution in [1.29, 1.82) is 0 Å². The van der Waals surface area contributed by atoms with Crippen LogP contribution in [-0.4, -0.2) is 47.8 Å². The first-order valence-electron chi connectivity index (χ1n) is 10.7. The topological polar surface area (TPSA) is 131 Å². The third-order valence-electron chi connectivity index (χ3n) is 6.87. The number of para-hydroxylation sites is 1. The number of rotatable bonds is 6. The van der Waals surface area contributed by atoms with Gasteiger partial charge in [-0.15, -0.1) is 0 Å². The van der Waals surface area contributed by atoms with Gasteiger partial charge in [-0.1, -0.05) is 18.2 Å². The Bertz CT molecular complexity index is 1240. The monoisotopic (exact) mass is 482 g/mol. The summed E-state index contributed by atoms with van der Waals surface area (Å²) in [5.41, 5.74) is -0.223. The van der Waals surface area contributed by atoms with Gasteiger partial charge in [-0.05, 0) is 30.6 Å². The number of methoxy groups -OCH3 is 1. The molecule has 0 radical (unpaired) electrons. The van der Waals surface area contributed by atoms with Crippen molar-refractivity contribution in [2.75, 3.05) is 29.3 Å². The zero-order valence-electron chi connectivity index (χ0n) is 18.4. The van der Waals surface area contributed by atoms with Gasteiger partial charge in [0.25, 0.3) is 5.69 Å². The predicted molar refractivity (Wildman–Crippen MR) is 126 cm³/mol. The summed E-state index contributed by atoms with van der Waals surface area (Å²) in [4.78, 5) is 52.7. The van der Waals surface area contributed by atoms with E-state index in [1.54, 1.807) is 36.0 Å². The van der Waals surface area contributed by atoms with Gasteiger partial charge in [0.05, 0.1) is 35.6 Å². The van der Waals surface area contributed by atoms with E-state index in [2.05, 4.69) is 10.6 Å². The second kappa shape index (κ2) is 8.10. The van der Waals surface area contributed by atoms with Crippen molar-refractivity contribution in [3.63, 3.8) is 0 Å². The summed E-state index contributed by atoms with van der Waals surface area (Å²) >= 11 is 1.62. The van der Waals surface area contributed by atoms with E-state index in [0.29, 0.717) is 17.7 Å². The summed E-state index contributed by atoms with van der Waals surface area (Å²) in [7, 11) is 1.32. The van der Waals surface area contributed by atoms with E-state index in [4.69, 9.17) is 4.74 Å². The largest absolute Gasteiger partial charge is 0.494 e. The lowest BCUT2D eigenvalue weighted by molar-refractivity contribution is -0.384. The lowest BCUT2D eigenvalue weighted by Crippen LogP contribution is -2.53. The number of thioether (sulfide) groups is 1. The Kier molecular flexibility index (Phi) is 5.33. The number of nitrogens with zero attached hydrogens (tertiary/aromatic N) is 2. The van der Waals surface area contributed by atoms with Crippen molar-refractivity contribution >= 4 is 46.5 Å². The van der Waals surface area contributed by atoms with Crippen LogP contribution < -0.4 is 20.3 Å². The molecular formula is C23H22N4O6S. The quantitative estimate of drug-likeness (QED) is 0.364. The fourth-order valence-electron chi connectivity index (χ4n) is 5.45. The molecule has 3 heterocycles. The fourth-order valence-corrected chi connectivity index (χ4v) is 5.94. The van der Waals surface area contributed by atoms with E-state index in [9.17, 15) is 24.5 Å². The average molecular weight is 483 g/mol. The van der Waals surface area contributed by atoms with Crippen LogP contribution in [0.1, 0.15) is 12.0 Å². The Balaban J connectivity index is 1.64. The highest BCUT2D eigenvalue weighted by atomic mass is 32.2. The van der Waals surface area contributed by atoms with E-state index in [1.165, 1.54) is 25.3 Å². The first-order chi connectivity index (χ1) is 16.3. The third kappa shape index (κ3) is 2.96. The highest BCUT2D eigenvalue weighted by Crippen LogP contribution is 2.54. The van der Waals surface area contributed by atoms with Crippen LogP contribution in [0, 0.1) is 22.0 Å². The maximum absolute atomic E-state index is 13.9. The minimum Gasteiger partial charge on any atom is -0.494 e. The summed E-state index contributed by atoms with van der Waals surface area (Å²) in [6.07, 6.45) is 2.54. The standard InChI is InChI=1S/C23H22N4O6S/c1-33-17-11-12(27(31)32)7-8-16(17)26-20(28)18-15(9-10-34-2)25-23(19(18)21(26)29)13-5-3-4-6-14(13)24-22(23)30/h3-8,11,15,18-19,25H,9-10H2,1-2H3,(H,24,30)/t15-,18+,19+,23-/m0/s1. The molecule has 0 bridgehead atoms. The molecule has 3 aliphatic rings. The summed E-state index contributed by atoms with van der Waals surface area (Å²) < 4.78 is 5.30. The van der Waals surface area contributed by atoms with Crippen LogP contribution in [0.3, 0.4) is 0 Å². The zero-order chi connectivity index (χ0) is 24.2. The second-order valence-electron chi connectivity index (χ2n) is 8.47. The smallest absolute Gasteiger partial charge is 0.273 e. The predicted octanol–water partition coefficient (Wildman–Crippen LogP) is 2.28. The number of hydrogen-bond acceptors (Lipinski definition) is 8. The number of hydrogen-bond donors (Lipinski definition) is 2. The Morgan fingerprint density at radius 1 is 1.18 bits per heavy atom. The minimum absolute atomic E-state index is 0.0369. The van der Waals surface area contributed by atoms with E-state index in [1.807, 2.05) is 6.26 Å². The molecule has 34 heavy (non-hydrogen) atoms. The van der Waals surface area contributed by atoms with E-state index < -0.39 is 40.2 Å². The number of benzene rings is 2. The number of non-ortho nitro benzene ring substituents is 1. The first-order valence-corrected chi connectivity index (χ1v) is 12.1. The molecule has 3 amide bonds. The lowest BCUT2D eigenvalue weighted by atomic mass is 9.76. The molecule has 2 aromatic rings. The Labute approximate surface area is 199 Å². The van der Waals surface area contributed by atoms with Gasteiger partial charge in [0.1, 0.15) is 11.3 Å². The van der Waals surface area contributed by atoms with Gasteiger partial charge in [-0.25, -0.2) is 4.90 Å². The number of ether oxygens (including phenoxy) is 1. The molecule has 2 saturated heterocycles. The normalized spacial score (nSPS) is 27.2. The van der Waals surface area contributed by atoms with Gasteiger partial charge >= 0.3 is 0 Å². The molecule has 176 valence electrons. The zero-order valence-corrected chi connectivity index (χ0v) is 19.3. The van der Waals surface area contributed by atoms with Gasteiger partial charge in [-0.2, -0.15) is 11.8 Å². The highest BCUT2D eigenvalue weighted by molar-refractivity contribution is 7.98. The second-order valence-corrected chi connectivity index (χ2v) is 9.45. The number of amides is 3. The molecule has 11 heteroatoms. The van der Waals surface area contributed by atoms with Crippen LogP contribution in [-0.2, 0) is 19.9 Å². The number of fused-ring (bicyclic) bond motifs is 4. The van der Waals surface area contributed by atoms with Crippen molar-refractivity contribution in [3.8, 4) is 5.75 Å². The van der Waals surface area contributed by atoms with Crippen molar-refractivity contribution in [3.05, 3.63) is 58.1 Å². The van der Waals surface area contributed by atoms with Crippen LogP contribution in [0.5, 0.6) is 5.75 Å². The van der Waals surface area contributed by atoms with Gasteiger partial charge < -0.3 is 10.1 Å². The van der Waals surface area contributed by atoms with Crippen LogP contribution in [0.25, 0.3) is 0 Å². The molecule has 2 fully saturated rings. The molecule has 2 aromatic carbocycles. The lowest BCUT2D eigenvalue weighted by Gasteiger charge is -2.29.